The summed E-state index contributed by atoms with van der Waals surface area (Å²) < 4.78 is 69.8. The topological polar surface area (TPSA) is 114 Å². The first-order valence-corrected chi connectivity index (χ1v) is 30.7. The molecule has 0 aromatic heterocycles. The second kappa shape index (κ2) is 24.1. The first-order chi connectivity index (χ1) is 31.7. The molecule has 0 amide bonds. The van der Waals surface area contributed by atoms with E-state index in [9.17, 15) is 25.9 Å². The van der Waals surface area contributed by atoms with Crippen LogP contribution in [0.4, 0.5) is 0 Å². The molecule has 0 heterocycles. The van der Waals surface area contributed by atoms with Crippen LogP contribution in [0.5, 0.6) is 0 Å². The van der Waals surface area contributed by atoms with E-state index < -0.39 is 20.2 Å². The maximum atomic E-state index is 10.6. The lowest BCUT2D eigenvalue weighted by atomic mass is 9.87. The molecule has 10 heteroatoms. The Bertz CT molecular complexity index is 2470. The molecule has 0 saturated carbocycles. The van der Waals surface area contributed by atoms with Crippen LogP contribution in [-0.4, -0.2) is 25.9 Å². The van der Waals surface area contributed by atoms with E-state index in [0.29, 0.717) is 0 Å². The Morgan fingerprint density at radius 3 is 0.500 bits per heavy atom. The van der Waals surface area contributed by atoms with E-state index in [-0.39, 0.29) is 84.7 Å². The summed E-state index contributed by atoms with van der Waals surface area (Å²) in [6.07, 6.45) is 0. The van der Waals surface area contributed by atoms with Crippen molar-refractivity contribution in [1.29, 1.82) is 0 Å². The maximum Gasteiger partial charge on any atom is 0.357 e. The molecule has 6 aromatic carbocycles. The van der Waals surface area contributed by atoms with Crippen LogP contribution < -0.4 is 42.4 Å². The third kappa shape index (κ3) is 20.6. The van der Waals surface area contributed by atoms with Gasteiger partial charge in [0, 0.05) is 0 Å². The standard InChI is InChI=1S/2C20H26I.2C10H14O3S/c2*1-19(2,3)15-7-11-17(12-8-15)21-18-13-9-16(10-14-18)20(4,5)6;2*1-10(2,3)8-4-6-9(7-5-8)14(11,12)13/h2*7-14H,1-6H3;2*4-7H,1-3H3,(H,11,12,13)/q2*+1;;/p-2. The quantitative estimate of drug-likeness (QED) is 0.122. The van der Waals surface area contributed by atoms with Gasteiger partial charge in [-0.15, -0.1) is 0 Å². The van der Waals surface area contributed by atoms with Crippen molar-refractivity contribution in [2.75, 3.05) is 0 Å². The average Bonchev–Trinajstić information content (AvgIpc) is 3.23. The predicted molar refractivity (Wildman–Crippen MR) is 282 cm³/mol. The second-order valence-corrected chi connectivity index (χ2v) is 32.5. The molecule has 0 fully saturated rings. The van der Waals surface area contributed by atoms with Crippen molar-refractivity contribution >= 4 is 20.2 Å². The fourth-order valence-electron chi connectivity index (χ4n) is 6.55. The molecule has 6 nitrogen and oxygen atoms in total. The highest BCUT2D eigenvalue weighted by Gasteiger charge is 2.22. The molecule has 70 heavy (non-hydrogen) atoms. The molecule has 0 spiro atoms. The monoisotopic (exact) mass is 1210 g/mol. The Hall–Kier alpha value is -3.40. The van der Waals surface area contributed by atoms with Gasteiger partial charge in [-0.25, -0.2) is 16.8 Å². The normalized spacial score (nSPS) is 12.6. The van der Waals surface area contributed by atoms with E-state index in [0.717, 1.165) is 11.1 Å². The zero-order valence-electron chi connectivity index (χ0n) is 44.9. The van der Waals surface area contributed by atoms with Crippen molar-refractivity contribution in [3.63, 3.8) is 0 Å². The summed E-state index contributed by atoms with van der Waals surface area (Å²) in [6, 6.07) is 48.9. The van der Waals surface area contributed by atoms with Crippen molar-refractivity contribution in [3.8, 4) is 0 Å². The summed E-state index contributed by atoms with van der Waals surface area (Å²) in [6.45, 7) is 39.3. The number of hydrogen-bond acceptors (Lipinski definition) is 6. The van der Waals surface area contributed by atoms with E-state index in [1.165, 1.54) is 60.8 Å². The van der Waals surface area contributed by atoms with Crippen LogP contribution in [0.15, 0.2) is 155 Å². The molecular weight excluding hydrogens is 1130 g/mol. The minimum absolute atomic E-state index is 0.0365. The van der Waals surface area contributed by atoms with Crippen molar-refractivity contribution < 1.29 is 68.4 Å². The van der Waals surface area contributed by atoms with E-state index >= 15 is 0 Å². The van der Waals surface area contributed by atoms with Gasteiger partial charge in [-0.2, -0.15) is 0 Å². The largest absolute Gasteiger partial charge is 0.744 e. The highest BCUT2D eigenvalue weighted by Crippen LogP contribution is 2.26. The third-order valence-corrected chi connectivity index (χ3v) is 18.4. The lowest BCUT2D eigenvalue weighted by molar-refractivity contribution is -0.597. The summed E-state index contributed by atoms with van der Waals surface area (Å²) >= 11 is -0.141. The van der Waals surface area contributed by atoms with Gasteiger partial charge in [0.05, 0.1) is 9.79 Å². The predicted octanol–water partition coefficient (Wildman–Crippen LogP) is 8.60. The zero-order chi connectivity index (χ0) is 53.3. The molecular formula is C60H78I2O6S2. The molecule has 0 N–H and O–H groups in total. The zero-order valence-corrected chi connectivity index (χ0v) is 50.8. The van der Waals surface area contributed by atoms with Gasteiger partial charge < -0.3 is 9.11 Å². The van der Waals surface area contributed by atoms with Crippen molar-refractivity contribution in [2.24, 2.45) is 0 Å². The Labute approximate surface area is 445 Å². The molecule has 0 aliphatic carbocycles. The lowest BCUT2D eigenvalue weighted by Gasteiger charge is -2.19. The summed E-state index contributed by atoms with van der Waals surface area (Å²) in [5, 5.41) is 0. The van der Waals surface area contributed by atoms with E-state index in [2.05, 4.69) is 180 Å². The molecule has 0 radical (unpaired) electrons. The van der Waals surface area contributed by atoms with Gasteiger partial charge in [-0.3, -0.25) is 0 Å². The summed E-state index contributed by atoms with van der Waals surface area (Å²) in [5.74, 6) is 0. The van der Waals surface area contributed by atoms with Crippen molar-refractivity contribution in [2.45, 2.75) is 167 Å². The highest BCUT2D eigenvalue weighted by atomic mass is 127. The lowest BCUT2D eigenvalue weighted by Crippen LogP contribution is -3.61. The van der Waals surface area contributed by atoms with Gasteiger partial charge in [-0.1, -0.05) is 197 Å². The van der Waals surface area contributed by atoms with Gasteiger partial charge in [0.25, 0.3) is 0 Å². The molecule has 0 bridgehead atoms. The number of halogens is 2. The van der Waals surface area contributed by atoms with E-state index in [1.807, 2.05) is 41.5 Å². The van der Waals surface area contributed by atoms with Crippen molar-refractivity contribution in [1.82, 2.24) is 0 Å². The summed E-state index contributed by atoms with van der Waals surface area (Å²) in [5.41, 5.74) is 8.56. The molecule has 380 valence electrons. The number of rotatable bonds is 6. The minimum Gasteiger partial charge on any atom is -0.744 e. The van der Waals surface area contributed by atoms with Gasteiger partial charge >= 0.3 is 42.4 Å². The van der Waals surface area contributed by atoms with E-state index in [4.69, 9.17) is 0 Å². The van der Waals surface area contributed by atoms with Gasteiger partial charge in [0.15, 0.2) is 14.3 Å². The van der Waals surface area contributed by atoms with Crippen LogP contribution in [0.1, 0.15) is 158 Å². The Morgan fingerprint density at radius 1 is 0.257 bits per heavy atom. The molecule has 0 atom stereocenters. The Morgan fingerprint density at radius 2 is 0.386 bits per heavy atom. The maximum absolute atomic E-state index is 10.6. The average molecular weight is 1210 g/mol. The van der Waals surface area contributed by atoms with Crippen LogP contribution in [0.2, 0.25) is 0 Å². The van der Waals surface area contributed by atoms with E-state index in [1.54, 1.807) is 24.3 Å². The molecule has 0 unspecified atom stereocenters. The summed E-state index contributed by atoms with van der Waals surface area (Å²) in [4.78, 5) is -0.351. The van der Waals surface area contributed by atoms with Gasteiger partial charge in [-0.05, 0) is 139 Å². The number of hydrogen-bond donors (Lipinski definition) is 0. The molecule has 0 aliphatic heterocycles. The molecule has 6 aromatic rings. The van der Waals surface area contributed by atoms with Crippen LogP contribution in [-0.2, 0) is 52.7 Å². The molecule has 6 rings (SSSR count). The Kier molecular flexibility index (Phi) is 21.0. The molecule has 0 aliphatic rings. The first kappa shape index (κ1) is 60.9. The third-order valence-electron chi connectivity index (χ3n) is 11.3. The van der Waals surface area contributed by atoms with Gasteiger partial charge in [0.2, 0.25) is 0 Å². The second-order valence-electron chi connectivity index (χ2n) is 23.7. The summed E-state index contributed by atoms with van der Waals surface area (Å²) in [7, 11) is -8.63. The van der Waals surface area contributed by atoms with Crippen LogP contribution in [0, 0.1) is 14.3 Å². The Balaban J connectivity index is 0.000000252. The number of benzene rings is 6. The highest BCUT2D eigenvalue weighted by molar-refractivity contribution is 7.86. The van der Waals surface area contributed by atoms with Gasteiger partial charge in [0.1, 0.15) is 20.2 Å². The fraction of sp³-hybridized carbons (Fsp3) is 0.400. The SMILES string of the molecule is CC(C)(C)c1ccc(S(=O)(=O)[O-])cc1.CC(C)(C)c1ccc(S(=O)(=O)[O-])cc1.CC(C)(C)c1ccc([I+]c2ccc(C(C)(C)C)cc2)cc1.CC(C)(C)c1ccc([I+]c2ccc(C(C)(C)C)cc2)cc1. The molecule has 0 saturated heterocycles. The van der Waals surface area contributed by atoms with Crippen LogP contribution in [0.25, 0.3) is 0 Å². The first-order valence-electron chi connectivity index (χ1n) is 23.6. The smallest absolute Gasteiger partial charge is 0.357 e. The minimum atomic E-state index is -4.32. The van der Waals surface area contributed by atoms with Crippen molar-refractivity contribution in [3.05, 3.63) is 193 Å². The van der Waals surface area contributed by atoms with Crippen LogP contribution >= 0.6 is 0 Å². The van der Waals surface area contributed by atoms with Crippen LogP contribution in [0.3, 0.4) is 0 Å². The fourth-order valence-corrected chi connectivity index (χ4v) is 11.8.